The van der Waals surface area contributed by atoms with Crippen LogP contribution in [0.1, 0.15) is 57.7 Å². The topological polar surface area (TPSA) is 92.8 Å². The van der Waals surface area contributed by atoms with E-state index in [9.17, 15) is 19.2 Å². The standard InChI is InChI=1S/C23H22N2O5/c1-14(21(27)24-19-12-6-8-15-7-2-3-9-16(15)19)30-20(26)13-25-22(28)17-10-4-5-11-18(17)23(25)29/h2-5,7,9-11,14,19H,6,8,12-13H2,1H3,(H,24,27). The fourth-order valence-corrected chi connectivity index (χ4v) is 3.99. The largest absolute Gasteiger partial charge is 0.451 e. The zero-order chi connectivity index (χ0) is 21.3. The van der Waals surface area contributed by atoms with Crippen molar-refractivity contribution in [3.8, 4) is 0 Å². The summed E-state index contributed by atoms with van der Waals surface area (Å²) in [5.41, 5.74) is 2.82. The third kappa shape index (κ3) is 3.70. The van der Waals surface area contributed by atoms with E-state index in [0.29, 0.717) is 0 Å². The average Bonchev–Trinajstić information content (AvgIpc) is 2.99. The predicted octanol–water partition coefficient (Wildman–Crippen LogP) is 2.41. The van der Waals surface area contributed by atoms with E-state index in [0.717, 1.165) is 29.7 Å². The maximum atomic E-state index is 12.6. The highest BCUT2D eigenvalue weighted by Crippen LogP contribution is 2.29. The highest BCUT2D eigenvalue weighted by Gasteiger charge is 2.37. The number of nitrogens with one attached hydrogen (secondary N) is 1. The SMILES string of the molecule is CC(OC(=O)CN1C(=O)c2ccccc2C1=O)C(=O)NC1CCCc2ccccc21. The Morgan fingerprint density at radius 1 is 1.07 bits per heavy atom. The van der Waals surface area contributed by atoms with Crippen molar-refractivity contribution in [3.63, 3.8) is 0 Å². The van der Waals surface area contributed by atoms with Crippen LogP contribution in [0.25, 0.3) is 0 Å². The van der Waals surface area contributed by atoms with Gasteiger partial charge in [-0.1, -0.05) is 36.4 Å². The molecule has 4 rings (SSSR count). The lowest BCUT2D eigenvalue weighted by molar-refractivity contribution is -0.155. The van der Waals surface area contributed by atoms with Crippen LogP contribution in [0, 0.1) is 0 Å². The Bertz CT molecular complexity index is 997. The number of imide groups is 1. The van der Waals surface area contributed by atoms with E-state index in [1.165, 1.54) is 12.5 Å². The number of carbonyl (C=O) groups excluding carboxylic acids is 4. The number of rotatable bonds is 5. The minimum atomic E-state index is -1.04. The first-order valence-corrected chi connectivity index (χ1v) is 9.98. The number of nitrogens with zero attached hydrogens (tertiary/aromatic N) is 1. The monoisotopic (exact) mass is 406 g/mol. The fourth-order valence-electron chi connectivity index (χ4n) is 3.99. The summed E-state index contributed by atoms with van der Waals surface area (Å²) >= 11 is 0. The Balaban J connectivity index is 1.35. The van der Waals surface area contributed by atoms with E-state index in [-0.39, 0.29) is 17.2 Å². The lowest BCUT2D eigenvalue weighted by Gasteiger charge is -2.27. The molecule has 0 saturated carbocycles. The number of esters is 1. The van der Waals surface area contributed by atoms with Gasteiger partial charge in [-0.2, -0.15) is 0 Å². The molecule has 30 heavy (non-hydrogen) atoms. The minimum absolute atomic E-state index is 0.125. The molecule has 0 saturated heterocycles. The summed E-state index contributed by atoms with van der Waals surface area (Å²) in [5, 5.41) is 2.94. The smallest absolute Gasteiger partial charge is 0.326 e. The summed E-state index contributed by atoms with van der Waals surface area (Å²) in [4.78, 5) is 50.4. The number of hydrogen-bond acceptors (Lipinski definition) is 5. The van der Waals surface area contributed by atoms with Crippen molar-refractivity contribution in [1.82, 2.24) is 10.2 Å². The van der Waals surface area contributed by atoms with Crippen LogP contribution < -0.4 is 5.32 Å². The Kier molecular flexibility index (Phi) is 5.35. The number of fused-ring (bicyclic) bond motifs is 2. The van der Waals surface area contributed by atoms with Gasteiger partial charge in [0.15, 0.2) is 6.10 Å². The molecule has 0 radical (unpaired) electrons. The first-order valence-electron chi connectivity index (χ1n) is 9.98. The lowest BCUT2D eigenvalue weighted by Crippen LogP contribution is -2.42. The highest BCUT2D eigenvalue weighted by atomic mass is 16.5. The highest BCUT2D eigenvalue weighted by molar-refractivity contribution is 6.22. The van der Waals surface area contributed by atoms with Crippen LogP contribution in [0.15, 0.2) is 48.5 Å². The van der Waals surface area contributed by atoms with Crippen LogP contribution in [-0.2, 0) is 20.7 Å². The molecule has 2 unspecified atom stereocenters. The molecule has 1 aliphatic carbocycles. The Hall–Kier alpha value is -3.48. The molecule has 7 nitrogen and oxygen atoms in total. The van der Waals surface area contributed by atoms with Crippen molar-refractivity contribution < 1.29 is 23.9 Å². The molecule has 0 bridgehead atoms. The van der Waals surface area contributed by atoms with E-state index < -0.39 is 36.3 Å². The predicted molar refractivity (Wildman–Crippen MR) is 108 cm³/mol. The molecule has 7 heteroatoms. The van der Waals surface area contributed by atoms with Crippen molar-refractivity contribution in [2.24, 2.45) is 0 Å². The van der Waals surface area contributed by atoms with Gasteiger partial charge in [-0.3, -0.25) is 24.1 Å². The Morgan fingerprint density at radius 2 is 1.70 bits per heavy atom. The molecular weight excluding hydrogens is 384 g/mol. The van der Waals surface area contributed by atoms with Crippen molar-refractivity contribution in [2.45, 2.75) is 38.3 Å². The fraction of sp³-hybridized carbons (Fsp3) is 0.304. The van der Waals surface area contributed by atoms with Gasteiger partial charge in [0.25, 0.3) is 17.7 Å². The molecule has 1 heterocycles. The number of amides is 3. The molecule has 2 aromatic rings. The van der Waals surface area contributed by atoms with E-state index in [1.807, 2.05) is 18.2 Å². The van der Waals surface area contributed by atoms with Crippen molar-refractivity contribution >= 4 is 23.7 Å². The van der Waals surface area contributed by atoms with Gasteiger partial charge in [0.1, 0.15) is 6.54 Å². The molecule has 2 aromatic carbocycles. The second kappa shape index (κ2) is 8.10. The van der Waals surface area contributed by atoms with Gasteiger partial charge in [-0.25, -0.2) is 0 Å². The van der Waals surface area contributed by atoms with Gasteiger partial charge in [0.2, 0.25) is 0 Å². The van der Waals surface area contributed by atoms with Gasteiger partial charge in [-0.15, -0.1) is 0 Å². The van der Waals surface area contributed by atoms with E-state index in [4.69, 9.17) is 4.74 Å². The van der Waals surface area contributed by atoms with Gasteiger partial charge in [0.05, 0.1) is 17.2 Å². The number of aryl methyl sites for hydroxylation is 1. The molecule has 0 spiro atoms. The first kappa shape index (κ1) is 19.8. The summed E-state index contributed by atoms with van der Waals surface area (Å²) < 4.78 is 5.20. The molecule has 0 fully saturated rings. The third-order valence-corrected chi connectivity index (χ3v) is 5.53. The van der Waals surface area contributed by atoms with E-state index in [2.05, 4.69) is 11.4 Å². The second-order valence-electron chi connectivity index (χ2n) is 7.53. The van der Waals surface area contributed by atoms with Crippen molar-refractivity contribution in [3.05, 3.63) is 70.8 Å². The molecule has 154 valence electrons. The Morgan fingerprint density at radius 3 is 2.40 bits per heavy atom. The zero-order valence-electron chi connectivity index (χ0n) is 16.6. The van der Waals surface area contributed by atoms with Crippen LogP contribution in [0.3, 0.4) is 0 Å². The number of ether oxygens (including phenoxy) is 1. The molecule has 3 amide bonds. The van der Waals surface area contributed by atoms with Crippen molar-refractivity contribution in [1.29, 1.82) is 0 Å². The number of benzene rings is 2. The number of carbonyl (C=O) groups is 4. The average molecular weight is 406 g/mol. The maximum Gasteiger partial charge on any atom is 0.326 e. The van der Waals surface area contributed by atoms with Crippen LogP contribution >= 0.6 is 0 Å². The molecular formula is C23H22N2O5. The summed E-state index contributed by atoms with van der Waals surface area (Å²) in [5.74, 6) is -2.30. The van der Waals surface area contributed by atoms with Gasteiger partial charge >= 0.3 is 5.97 Å². The van der Waals surface area contributed by atoms with Gasteiger partial charge < -0.3 is 10.1 Å². The molecule has 2 atom stereocenters. The van der Waals surface area contributed by atoms with E-state index in [1.54, 1.807) is 24.3 Å². The number of hydrogen-bond donors (Lipinski definition) is 1. The summed E-state index contributed by atoms with van der Waals surface area (Å²) in [6, 6.07) is 14.2. The zero-order valence-corrected chi connectivity index (χ0v) is 16.6. The minimum Gasteiger partial charge on any atom is -0.451 e. The normalized spacial score (nSPS) is 18.4. The maximum absolute atomic E-state index is 12.6. The van der Waals surface area contributed by atoms with Crippen LogP contribution in [0.5, 0.6) is 0 Å². The van der Waals surface area contributed by atoms with Crippen LogP contribution in [-0.4, -0.2) is 41.2 Å². The summed E-state index contributed by atoms with van der Waals surface area (Å²) in [7, 11) is 0. The first-order chi connectivity index (χ1) is 14.5. The summed E-state index contributed by atoms with van der Waals surface area (Å²) in [6.45, 7) is 0.945. The van der Waals surface area contributed by atoms with Crippen LogP contribution in [0.2, 0.25) is 0 Å². The lowest BCUT2D eigenvalue weighted by atomic mass is 9.87. The van der Waals surface area contributed by atoms with Gasteiger partial charge in [-0.05, 0) is 49.4 Å². The third-order valence-electron chi connectivity index (χ3n) is 5.53. The molecule has 2 aliphatic rings. The van der Waals surface area contributed by atoms with Crippen LogP contribution in [0.4, 0.5) is 0 Å². The quantitative estimate of drug-likeness (QED) is 0.608. The Labute approximate surface area is 174 Å². The second-order valence-corrected chi connectivity index (χ2v) is 7.53. The van der Waals surface area contributed by atoms with Gasteiger partial charge in [0, 0.05) is 0 Å². The van der Waals surface area contributed by atoms with E-state index >= 15 is 0 Å². The molecule has 1 N–H and O–H groups in total. The molecule has 0 aromatic heterocycles. The molecule has 1 aliphatic heterocycles. The summed E-state index contributed by atoms with van der Waals surface area (Å²) in [6.07, 6.45) is 1.73. The van der Waals surface area contributed by atoms with Crippen molar-refractivity contribution in [2.75, 3.05) is 6.54 Å².